The van der Waals surface area contributed by atoms with Gasteiger partial charge in [-0.2, -0.15) is 0 Å². The maximum absolute atomic E-state index is 12.7. The summed E-state index contributed by atoms with van der Waals surface area (Å²) in [6, 6.07) is 6.45. The molecule has 0 saturated heterocycles. The van der Waals surface area contributed by atoms with Crippen LogP contribution in [0.5, 0.6) is 23.0 Å². The average molecular weight is 398 g/mol. The molecule has 0 unspecified atom stereocenters. The molecule has 2 aromatic carbocycles. The molecule has 0 aromatic heterocycles. The number of benzene rings is 2. The van der Waals surface area contributed by atoms with Gasteiger partial charge < -0.3 is 19.3 Å². The molecule has 6 heteroatoms. The first-order chi connectivity index (χ1) is 13.7. The quantitative estimate of drug-likeness (QED) is 0.422. The molecular formula is C23H26O6. The van der Waals surface area contributed by atoms with E-state index < -0.39 is 0 Å². The van der Waals surface area contributed by atoms with Gasteiger partial charge in [-0.1, -0.05) is 26.8 Å². The van der Waals surface area contributed by atoms with E-state index in [4.69, 9.17) is 14.2 Å². The molecule has 29 heavy (non-hydrogen) atoms. The third-order valence-electron chi connectivity index (χ3n) is 4.47. The third kappa shape index (κ3) is 4.77. The second kappa shape index (κ2) is 8.82. The monoisotopic (exact) mass is 398 g/mol. The van der Waals surface area contributed by atoms with Gasteiger partial charge in [0.2, 0.25) is 5.75 Å². The standard InChI is InChI=1S/C23H26O6/c1-23(2,3)17-10-14(9-16(13-24)21(17)26)7-8-18(25)15-11-19(27-4)22(29-6)20(12-15)28-5/h7-13,26H,1-6H3. The Hall–Kier alpha value is -3.28. The van der Waals surface area contributed by atoms with Crippen molar-refractivity contribution in [1.82, 2.24) is 0 Å². The van der Waals surface area contributed by atoms with Gasteiger partial charge in [-0.05, 0) is 41.3 Å². The van der Waals surface area contributed by atoms with Crippen LogP contribution in [-0.4, -0.2) is 38.5 Å². The zero-order valence-corrected chi connectivity index (χ0v) is 17.5. The lowest BCUT2D eigenvalue weighted by atomic mass is 9.84. The van der Waals surface area contributed by atoms with Crippen molar-refractivity contribution in [2.45, 2.75) is 26.2 Å². The average Bonchev–Trinajstić information content (AvgIpc) is 2.70. The van der Waals surface area contributed by atoms with Crippen LogP contribution in [0.3, 0.4) is 0 Å². The number of ketones is 1. The van der Waals surface area contributed by atoms with Gasteiger partial charge in [0.25, 0.3) is 0 Å². The highest BCUT2D eigenvalue weighted by Crippen LogP contribution is 2.38. The second-order valence-corrected chi connectivity index (χ2v) is 7.49. The van der Waals surface area contributed by atoms with Crippen molar-refractivity contribution in [3.8, 4) is 23.0 Å². The molecule has 0 aliphatic rings. The summed E-state index contributed by atoms with van der Waals surface area (Å²) < 4.78 is 15.8. The second-order valence-electron chi connectivity index (χ2n) is 7.49. The lowest BCUT2D eigenvalue weighted by Gasteiger charge is -2.21. The van der Waals surface area contributed by atoms with Gasteiger partial charge in [0, 0.05) is 11.1 Å². The van der Waals surface area contributed by atoms with Crippen LogP contribution < -0.4 is 14.2 Å². The predicted octanol–water partition coefficient (Wildman–Crippen LogP) is 4.42. The van der Waals surface area contributed by atoms with E-state index in [1.165, 1.54) is 33.5 Å². The highest BCUT2D eigenvalue weighted by molar-refractivity contribution is 6.07. The van der Waals surface area contributed by atoms with Gasteiger partial charge in [-0.25, -0.2) is 0 Å². The highest BCUT2D eigenvalue weighted by atomic mass is 16.5. The van der Waals surface area contributed by atoms with E-state index in [1.54, 1.807) is 24.3 Å². The van der Waals surface area contributed by atoms with E-state index in [9.17, 15) is 14.7 Å². The smallest absolute Gasteiger partial charge is 0.203 e. The minimum absolute atomic E-state index is 0.0411. The number of hydrogen-bond donors (Lipinski definition) is 1. The highest BCUT2D eigenvalue weighted by Gasteiger charge is 2.21. The van der Waals surface area contributed by atoms with Crippen molar-refractivity contribution in [2.75, 3.05) is 21.3 Å². The van der Waals surface area contributed by atoms with Crippen LogP contribution in [0.1, 0.15) is 52.6 Å². The third-order valence-corrected chi connectivity index (χ3v) is 4.47. The Labute approximate surface area is 170 Å². The summed E-state index contributed by atoms with van der Waals surface area (Å²) in [5, 5.41) is 10.3. The fraction of sp³-hybridized carbons (Fsp3) is 0.304. The van der Waals surface area contributed by atoms with Crippen LogP contribution in [0.4, 0.5) is 0 Å². The number of carbonyl (C=O) groups excluding carboxylic acids is 2. The van der Waals surface area contributed by atoms with Gasteiger partial charge >= 0.3 is 0 Å². The van der Waals surface area contributed by atoms with E-state index in [0.717, 1.165) is 0 Å². The van der Waals surface area contributed by atoms with Crippen molar-refractivity contribution in [1.29, 1.82) is 0 Å². The summed E-state index contributed by atoms with van der Waals surface area (Å²) in [7, 11) is 4.45. The van der Waals surface area contributed by atoms with Crippen LogP contribution in [0.15, 0.2) is 30.3 Å². The fourth-order valence-electron chi connectivity index (χ4n) is 2.93. The molecule has 1 N–H and O–H groups in total. The lowest BCUT2D eigenvalue weighted by Crippen LogP contribution is -2.12. The Balaban J connectivity index is 2.45. The topological polar surface area (TPSA) is 82.1 Å². The van der Waals surface area contributed by atoms with Crippen molar-refractivity contribution in [3.63, 3.8) is 0 Å². The maximum atomic E-state index is 12.7. The van der Waals surface area contributed by atoms with Crippen LogP contribution in [-0.2, 0) is 5.41 Å². The Bertz CT molecular complexity index is 926. The molecule has 0 aliphatic heterocycles. The maximum Gasteiger partial charge on any atom is 0.203 e. The summed E-state index contributed by atoms with van der Waals surface area (Å²) in [4.78, 5) is 24.0. The van der Waals surface area contributed by atoms with Crippen LogP contribution in [0.25, 0.3) is 6.08 Å². The number of ether oxygens (including phenoxy) is 3. The van der Waals surface area contributed by atoms with E-state index in [2.05, 4.69) is 0 Å². The first kappa shape index (κ1) is 22.0. The zero-order chi connectivity index (χ0) is 21.8. The number of aromatic hydroxyl groups is 1. The summed E-state index contributed by atoms with van der Waals surface area (Å²) in [5.41, 5.74) is 1.43. The molecule has 0 aliphatic carbocycles. The van der Waals surface area contributed by atoms with Crippen LogP contribution in [0, 0.1) is 0 Å². The summed E-state index contributed by atoms with van der Waals surface area (Å²) in [6.07, 6.45) is 3.60. The van der Waals surface area contributed by atoms with Crippen LogP contribution >= 0.6 is 0 Å². The molecule has 6 nitrogen and oxygen atoms in total. The molecule has 0 fully saturated rings. The first-order valence-corrected chi connectivity index (χ1v) is 9.01. The largest absolute Gasteiger partial charge is 0.507 e. The molecule has 0 radical (unpaired) electrons. The number of hydrogen-bond acceptors (Lipinski definition) is 6. The number of methoxy groups -OCH3 is 3. The van der Waals surface area contributed by atoms with Crippen molar-refractivity contribution < 1.29 is 28.9 Å². The molecule has 0 saturated carbocycles. The van der Waals surface area contributed by atoms with Crippen LogP contribution in [0.2, 0.25) is 0 Å². The van der Waals surface area contributed by atoms with Gasteiger partial charge in [0.1, 0.15) is 5.75 Å². The molecule has 154 valence electrons. The molecule has 0 atom stereocenters. The molecule has 0 spiro atoms. The summed E-state index contributed by atoms with van der Waals surface area (Å²) >= 11 is 0. The Kier molecular flexibility index (Phi) is 6.69. The van der Waals surface area contributed by atoms with Gasteiger partial charge in [0.15, 0.2) is 23.6 Å². The Morgan fingerprint density at radius 1 is 0.966 bits per heavy atom. The number of aldehydes is 1. The molecule has 0 amide bonds. The normalized spacial score (nSPS) is 11.4. The van der Waals surface area contributed by atoms with Gasteiger partial charge in [-0.3, -0.25) is 9.59 Å². The Morgan fingerprint density at radius 2 is 1.55 bits per heavy atom. The molecule has 2 aromatic rings. The molecule has 2 rings (SSSR count). The van der Waals surface area contributed by atoms with Crippen molar-refractivity contribution in [3.05, 3.63) is 52.6 Å². The van der Waals surface area contributed by atoms with Crippen molar-refractivity contribution >= 4 is 18.1 Å². The van der Waals surface area contributed by atoms with E-state index in [1.807, 2.05) is 20.8 Å². The van der Waals surface area contributed by atoms with Gasteiger partial charge in [-0.15, -0.1) is 0 Å². The number of phenolic OH excluding ortho intramolecular Hbond substituents is 1. The summed E-state index contributed by atoms with van der Waals surface area (Å²) in [5.74, 6) is 0.848. The fourth-order valence-corrected chi connectivity index (χ4v) is 2.93. The van der Waals surface area contributed by atoms with E-state index in [-0.39, 0.29) is 22.5 Å². The number of phenols is 1. The molecule has 0 heterocycles. The number of carbonyl (C=O) groups is 2. The molecule has 0 bridgehead atoms. The van der Waals surface area contributed by atoms with Gasteiger partial charge in [0.05, 0.1) is 26.9 Å². The Morgan fingerprint density at radius 3 is 2.00 bits per heavy atom. The zero-order valence-electron chi connectivity index (χ0n) is 17.5. The summed E-state index contributed by atoms with van der Waals surface area (Å²) in [6.45, 7) is 5.81. The number of allylic oxidation sites excluding steroid dienone is 1. The SMILES string of the molecule is COc1cc(C(=O)C=Cc2cc(C=O)c(O)c(C(C)(C)C)c2)cc(OC)c1OC. The lowest BCUT2D eigenvalue weighted by molar-refractivity contribution is 0.104. The first-order valence-electron chi connectivity index (χ1n) is 9.01. The minimum Gasteiger partial charge on any atom is -0.507 e. The van der Waals surface area contributed by atoms with E-state index in [0.29, 0.717) is 40.2 Å². The van der Waals surface area contributed by atoms with Crippen molar-refractivity contribution in [2.24, 2.45) is 0 Å². The van der Waals surface area contributed by atoms with E-state index >= 15 is 0 Å². The minimum atomic E-state index is -0.369. The number of rotatable bonds is 7. The molecular weight excluding hydrogens is 372 g/mol. The predicted molar refractivity (Wildman–Crippen MR) is 112 cm³/mol.